The summed E-state index contributed by atoms with van der Waals surface area (Å²) in [6.45, 7) is 11.0. The summed E-state index contributed by atoms with van der Waals surface area (Å²) in [5.41, 5.74) is 0. The minimum absolute atomic E-state index is 1.37. The number of hydrogen-bond acceptors (Lipinski definition) is 1. The van der Waals surface area contributed by atoms with Crippen LogP contribution in [0.2, 0.25) is 0 Å². The van der Waals surface area contributed by atoms with Crippen molar-refractivity contribution in [3.8, 4) is 0 Å². The minimum atomic E-state index is 1.37. The molecule has 0 unspecified atom stereocenters. The maximum atomic E-state index is 2.84. The normalized spacial score (nSPS) is 11.7. The van der Waals surface area contributed by atoms with Gasteiger partial charge in [-0.25, -0.2) is 0 Å². The van der Waals surface area contributed by atoms with Gasteiger partial charge in [-0.2, -0.15) is 0 Å². The Labute approximate surface area is 231 Å². The lowest BCUT2D eigenvalue weighted by Gasteiger charge is -2.22. The average molecular weight is 508 g/mol. The zero-order valence-corrected chi connectivity index (χ0v) is 26.1. The maximum absolute atomic E-state index is 2.84. The Morgan fingerprint density at radius 3 is 0.583 bits per heavy atom. The Morgan fingerprint density at radius 1 is 0.222 bits per heavy atom. The van der Waals surface area contributed by atoms with Crippen LogP contribution in [0.4, 0.5) is 0 Å². The van der Waals surface area contributed by atoms with E-state index in [1.165, 1.54) is 206 Å². The summed E-state index contributed by atoms with van der Waals surface area (Å²) in [5.74, 6) is 0. The van der Waals surface area contributed by atoms with Gasteiger partial charge in [-0.1, -0.05) is 188 Å². The van der Waals surface area contributed by atoms with Crippen LogP contribution in [0.5, 0.6) is 0 Å². The van der Waals surface area contributed by atoms with E-state index in [0.717, 1.165) is 0 Å². The van der Waals surface area contributed by atoms with E-state index in [0.29, 0.717) is 0 Å². The lowest BCUT2D eigenvalue weighted by atomic mass is 10.1. The molecule has 0 N–H and O–H groups in total. The zero-order valence-electron chi connectivity index (χ0n) is 26.1. The number of nitrogens with zero attached hydrogens (tertiary/aromatic N) is 1. The van der Waals surface area contributed by atoms with Crippen molar-refractivity contribution >= 4 is 0 Å². The van der Waals surface area contributed by atoms with Crippen molar-refractivity contribution in [3.63, 3.8) is 0 Å². The molecule has 0 aromatic heterocycles. The number of rotatable bonds is 32. The summed E-state index contributed by atoms with van der Waals surface area (Å²) in [6.07, 6.45) is 42.1. The lowest BCUT2D eigenvalue weighted by Crippen LogP contribution is -2.27. The highest BCUT2D eigenvalue weighted by Gasteiger charge is 2.05. The van der Waals surface area contributed by atoms with Gasteiger partial charge in [0.05, 0.1) is 0 Å². The van der Waals surface area contributed by atoms with Crippen LogP contribution in [0, 0.1) is 0 Å². The smallest absolute Gasteiger partial charge is 0.00187 e. The molecule has 0 aliphatic rings. The highest BCUT2D eigenvalue weighted by molar-refractivity contribution is 4.61. The van der Waals surface area contributed by atoms with Crippen molar-refractivity contribution in [2.75, 3.05) is 19.6 Å². The van der Waals surface area contributed by atoms with E-state index in [2.05, 4.69) is 25.7 Å². The first-order valence-electron chi connectivity index (χ1n) is 17.6. The molecule has 36 heavy (non-hydrogen) atoms. The highest BCUT2D eigenvalue weighted by atomic mass is 15.1. The van der Waals surface area contributed by atoms with Gasteiger partial charge in [-0.05, 0) is 38.9 Å². The summed E-state index contributed by atoms with van der Waals surface area (Å²) in [5, 5.41) is 0. The van der Waals surface area contributed by atoms with Crippen molar-refractivity contribution in [2.24, 2.45) is 0 Å². The first kappa shape index (κ1) is 36.0. The molecule has 0 saturated carbocycles. The largest absolute Gasteiger partial charge is 0.303 e. The molecule has 0 radical (unpaired) electrons. The molecule has 0 atom stereocenters. The molecule has 0 aliphatic carbocycles. The van der Waals surface area contributed by atoms with Crippen LogP contribution in [-0.4, -0.2) is 24.5 Å². The molecule has 0 spiro atoms. The van der Waals surface area contributed by atoms with E-state index < -0.39 is 0 Å². The summed E-state index contributed by atoms with van der Waals surface area (Å²) < 4.78 is 0. The standard InChI is InChI=1S/C35H73N/c1-4-7-10-13-16-19-22-25-28-31-34-36(33-30-27-24-21-18-15-12-9-6-3)35-32-29-26-23-20-17-14-11-8-5-2/h4-35H2,1-3H3. The second-order valence-electron chi connectivity index (χ2n) is 12.0. The van der Waals surface area contributed by atoms with Crippen LogP contribution >= 0.6 is 0 Å². The summed E-state index contributed by atoms with van der Waals surface area (Å²) in [6, 6.07) is 0. The van der Waals surface area contributed by atoms with Gasteiger partial charge in [0, 0.05) is 0 Å². The Morgan fingerprint density at radius 2 is 0.389 bits per heavy atom. The third-order valence-electron chi connectivity index (χ3n) is 8.23. The van der Waals surface area contributed by atoms with Crippen LogP contribution in [-0.2, 0) is 0 Å². The molecule has 1 heteroatoms. The van der Waals surface area contributed by atoms with E-state index in [-0.39, 0.29) is 0 Å². The molecule has 0 bridgehead atoms. The van der Waals surface area contributed by atoms with E-state index in [1.54, 1.807) is 0 Å². The fourth-order valence-corrected chi connectivity index (χ4v) is 5.63. The molecule has 0 aromatic carbocycles. The molecule has 0 aliphatic heterocycles. The Balaban J connectivity index is 3.86. The van der Waals surface area contributed by atoms with Crippen molar-refractivity contribution in [1.82, 2.24) is 4.90 Å². The van der Waals surface area contributed by atoms with Crippen LogP contribution in [0.15, 0.2) is 0 Å². The fourth-order valence-electron chi connectivity index (χ4n) is 5.63. The van der Waals surface area contributed by atoms with Gasteiger partial charge in [-0.3, -0.25) is 0 Å². The number of hydrogen-bond donors (Lipinski definition) is 0. The molecule has 0 saturated heterocycles. The quantitative estimate of drug-likeness (QED) is 0.0818. The fraction of sp³-hybridized carbons (Fsp3) is 1.00. The zero-order chi connectivity index (χ0) is 26.2. The van der Waals surface area contributed by atoms with E-state index in [9.17, 15) is 0 Å². The lowest BCUT2D eigenvalue weighted by molar-refractivity contribution is 0.254. The molecular formula is C35H73N. The molecule has 0 rings (SSSR count). The monoisotopic (exact) mass is 508 g/mol. The first-order chi connectivity index (χ1) is 17.8. The van der Waals surface area contributed by atoms with Gasteiger partial charge in [-0.15, -0.1) is 0 Å². The number of unbranched alkanes of at least 4 members (excludes halogenated alkanes) is 26. The van der Waals surface area contributed by atoms with Crippen LogP contribution in [0.3, 0.4) is 0 Å². The topological polar surface area (TPSA) is 3.24 Å². The van der Waals surface area contributed by atoms with Crippen LogP contribution in [0.25, 0.3) is 0 Å². The third kappa shape index (κ3) is 30.2. The maximum Gasteiger partial charge on any atom is -0.00187 e. The highest BCUT2D eigenvalue weighted by Crippen LogP contribution is 2.14. The molecule has 0 amide bonds. The molecule has 0 fully saturated rings. The van der Waals surface area contributed by atoms with E-state index in [1.807, 2.05) is 0 Å². The van der Waals surface area contributed by atoms with E-state index >= 15 is 0 Å². The van der Waals surface area contributed by atoms with Crippen LogP contribution < -0.4 is 0 Å². The Bertz CT molecular complexity index is 342. The van der Waals surface area contributed by atoms with Gasteiger partial charge in [0.1, 0.15) is 0 Å². The molecule has 218 valence electrons. The summed E-state index contributed by atoms with van der Waals surface area (Å²) >= 11 is 0. The predicted octanol–water partition coefficient (Wildman–Crippen LogP) is 12.7. The molecule has 0 aromatic rings. The minimum Gasteiger partial charge on any atom is -0.303 e. The second kappa shape index (κ2) is 33.0. The molecule has 1 nitrogen and oxygen atoms in total. The van der Waals surface area contributed by atoms with Gasteiger partial charge in [0.2, 0.25) is 0 Å². The SMILES string of the molecule is CCCCCCCCCCCCN(CCCCCCCCCCC)CCCCCCCCCCCC. The van der Waals surface area contributed by atoms with Crippen molar-refractivity contribution < 1.29 is 0 Å². The van der Waals surface area contributed by atoms with Crippen molar-refractivity contribution in [1.29, 1.82) is 0 Å². The Hall–Kier alpha value is -0.0400. The second-order valence-corrected chi connectivity index (χ2v) is 12.0. The van der Waals surface area contributed by atoms with E-state index in [4.69, 9.17) is 0 Å². The van der Waals surface area contributed by atoms with Crippen molar-refractivity contribution in [3.05, 3.63) is 0 Å². The van der Waals surface area contributed by atoms with Gasteiger partial charge in [0.25, 0.3) is 0 Å². The molecular weight excluding hydrogens is 434 g/mol. The van der Waals surface area contributed by atoms with Crippen LogP contribution in [0.1, 0.15) is 207 Å². The third-order valence-corrected chi connectivity index (χ3v) is 8.23. The van der Waals surface area contributed by atoms with Gasteiger partial charge < -0.3 is 4.90 Å². The molecule has 0 heterocycles. The van der Waals surface area contributed by atoms with Gasteiger partial charge in [0.15, 0.2) is 0 Å². The predicted molar refractivity (Wildman–Crippen MR) is 167 cm³/mol. The van der Waals surface area contributed by atoms with Gasteiger partial charge >= 0.3 is 0 Å². The summed E-state index contributed by atoms with van der Waals surface area (Å²) in [4.78, 5) is 2.84. The Kier molecular flexibility index (Phi) is 33.0. The average Bonchev–Trinajstić information content (AvgIpc) is 2.89. The van der Waals surface area contributed by atoms with Crippen molar-refractivity contribution in [2.45, 2.75) is 207 Å². The summed E-state index contributed by atoms with van der Waals surface area (Å²) in [7, 11) is 0. The first-order valence-corrected chi connectivity index (χ1v) is 17.6.